The summed E-state index contributed by atoms with van der Waals surface area (Å²) in [6, 6.07) is 7.05. The lowest BCUT2D eigenvalue weighted by Gasteiger charge is -2.09. The monoisotopic (exact) mass is 316 g/mol. The van der Waals surface area contributed by atoms with Crippen LogP contribution in [0.2, 0.25) is 5.02 Å². The lowest BCUT2D eigenvalue weighted by Crippen LogP contribution is -2.24. The highest BCUT2D eigenvalue weighted by Gasteiger charge is 2.16. The second kappa shape index (κ2) is 5.55. The first kappa shape index (κ1) is 15.0. The van der Waals surface area contributed by atoms with Gasteiger partial charge in [-0.3, -0.25) is 0 Å². The smallest absolute Gasteiger partial charge is 0.240 e. The lowest BCUT2D eigenvalue weighted by molar-refractivity contribution is 0.578. The molecule has 2 rings (SSSR count). The number of sulfonamides is 1. The first-order valence-electron chi connectivity index (χ1n) is 5.87. The maximum atomic E-state index is 13.0. The van der Waals surface area contributed by atoms with Crippen LogP contribution in [0.4, 0.5) is 4.39 Å². The van der Waals surface area contributed by atoms with E-state index in [-0.39, 0.29) is 16.5 Å². The van der Waals surface area contributed by atoms with E-state index in [0.29, 0.717) is 0 Å². The van der Waals surface area contributed by atoms with E-state index >= 15 is 0 Å². The van der Waals surface area contributed by atoms with Crippen molar-refractivity contribution >= 4 is 21.6 Å². The van der Waals surface area contributed by atoms with E-state index in [1.165, 1.54) is 6.07 Å². The van der Waals surface area contributed by atoms with Crippen LogP contribution in [-0.4, -0.2) is 13.0 Å². The molecule has 0 fully saturated rings. The molecule has 0 amide bonds. The number of nitrogens with zero attached hydrogens (tertiary/aromatic N) is 1. The Hall–Kier alpha value is -1.37. The number of hydrogen-bond donors (Lipinski definition) is 1. The number of aromatic nitrogens is 1. The highest BCUT2D eigenvalue weighted by atomic mass is 35.5. The van der Waals surface area contributed by atoms with Crippen LogP contribution >= 0.6 is 11.6 Å². The normalized spacial score (nSPS) is 11.8. The second-order valence-electron chi connectivity index (χ2n) is 4.43. The van der Waals surface area contributed by atoms with E-state index in [9.17, 15) is 12.8 Å². The molecule has 0 spiro atoms. The summed E-state index contributed by atoms with van der Waals surface area (Å²) in [6.45, 7) is 2.08. The minimum Gasteiger partial charge on any atom is -0.351 e. The van der Waals surface area contributed by atoms with Crippen molar-refractivity contribution in [3.8, 4) is 0 Å². The van der Waals surface area contributed by atoms with Crippen LogP contribution in [0.1, 0.15) is 11.4 Å². The van der Waals surface area contributed by atoms with Crippen LogP contribution in [0.5, 0.6) is 0 Å². The number of halogens is 2. The van der Waals surface area contributed by atoms with E-state index in [2.05, 4.69) is 4.72 Å². The van der Waals surface area contributed by atoms with Gasteiger partial charge in [0.1, 0.15) is 5.82 Å². The maximum Gasteiger partial charge on any atom is 0.240 e. The Labute approximate surface area is 122 Å². The van der Waals surface area contributed by atoms with Crippen LogP contribution in [0.15, 0.2) is 35.2 Å². The summed E-state index contributed by atoms with van der Waals surface area (Å²) in [7, 11) is -1.86. The summed E-state index contributed by atoms with van der Waals surface area (Å²) >= 11 is 5.59. The molecule has 4 nitrogen and oxygen atoms in total. The van der Waals surface area contributed by atoms with Crippen molar-refractivity contribution in [3.63, 3.8) is 0 Å². The molecule has 20 heavy (non-hydrogen) atoms. The van der Waals surface area contributed by atoms with Gasteiger partial charge in [0.2, 0.25) is 10.0 Å². The zero-order valence-corrected chi connectivity index (χ0v) is 12.6. The fourth-order valence-electron chi connectivity index (χ4n) is 1.74. The largest absolute Gasteiger partial charge is 0.351 e. The van der Waals surface area contributed by atoms with Gasteiger partial charge in [0.25, 0.3) is 0 Å². The molecule has 0 saturated carbocycles. The molecule has 1 aromatic carbocycles. The van der Waals surface area contributed by atoms with Gasteiger partial charge in [0.15, 0.2) is 0 Å². The molecule has 0 unspecified atom stereocenters. The van der Waals surface area contributed by atoms with E-state index in [1.807, 2.05) is 30.7 Å². The van der Waals surface area contributed by atoms with Crippen LogP contribution < -0.4 is 4.72 Å². The predicted octanol–water partition coefficient (Wildman–Crippen LogP) is 2.60. The predicted molar refractivity (Wildman–Crippen MR) is 75.6 cm³/mol. The van der Waals surface area contributed by atoms with Crippen LogP contribution in [0.3, 0.4) is 0 Å². The number of nitrogens with one attached hydrogen (secondary N) is 1. The SMILES string of the molecule is Cc1ccc(CNS(=O)(=O)c2ccc(F)c(Cl)c2)n1C. The molecule has 1 heterocycles. The Morgan fingerprint density at radius 2 is 2.00 bits per heavy atom. The minimum atomic E-state index is -3.72. The molecular formula is C13H14ClFN2O2S. The van der Waals surface area contributed by atoms with Gasteiger partial charge < -0.3 is 4.57 Å². The first-order valence-corrected chi connectivity index (χ1v) is 7.73. The highest BCUT2D eigenvalue weighted by Crippen LogP contribution is 2.19. The molecule has 0 bridgehead atoms. The Kier molecular flexibility index (Phi) is 4.17. The van der Waals surface area contributed by atoms with Gasteiger partial charge in [-0.25, -0.2) is 17.5 Å². The third kappa shape index (κ3) is 3.03. The molecule has 0 aliphatic rings. The van der Waals surface area contributed by atoms with Gasteiger partial charge >= 0.3 is 0 Å². The first-order chi connectivity index (χ1) is 9.31. The molecule has 0 aliphatic carbocycles. The molecule has 7 heteroatoms. The van der Waals surface area contributed by atoms with Gasteiger partial charge in [-0.2, -0.15) is 0 Å². The number of rotatable bonds is 4. The minimum absolute atomic E-state index is 0.0603. The second-order valence-corrected chi connectivity index (χ2v) is 6.60. The molecule has 0 radical (unpaired) electrons. The fourth-order valence-corrected chi connectivity index (χ4v) is 3.01. The molecule has 2 aromatic rings. The van der Waals surface area contributed by atoms with Crippen molar-refractivity contribution in [2.24, 2.45) is 7.05 Å². The third-order valence-electron chi connectivity index (χ3n) is 3.12. The topological polar surface area (TPSA) is 51.1 Å². The van der Waals surface area contributed by atoms with Crippen molar-refractivity contribution in [3.05, 3.63) is 52.6 Å². The maximum absolute atomic E-state index is 13.0. The Bertz CT molecular complexity index is 741. The summed E-state index contributed by atoms with van der Waals surface area (Å²) < 4.78 is 41.6. The molecular weight excluding hydrogens is 303 g/mol. The fraction of sp³-hybridized carbons (Fsp3) is 0.231. The van der Waals surface area contributed by atoms with E-state index in [0.717, 1.165) is 23.5 Å². The van der Waals surface area contributed by atoms with Crippen molar-refractivity contribution in [2.75, 3.05) is 0 Å². The number of aryl methyl sites for hydroxylation is 1. The molecule has 0 aliphatic heterocycles. The zero-order chi connectivity index (χ0) is 14.9. The van der Waals surface area contributed by atoms with Gasteiger partial charge in [0, 0.05) is 18.4 Å². The van der Waals surface area contributed by atoms with Crippen molar-refractivity contribution < 1.29 is 12.8 Å². The van der Waals surface area contributed by atoms with Gasteiger partial charge in [-0.05, 0) is 37.3 Å². The van der Waals surface area contributed by atoms with Crippen LogP contribution in [0.25, 0.3) is 0 Å². The molecule has 108 valence electrons. The third-order valence-corrected chi connectivity index (χ3v) is 4.81. The lowest BCUT2D eigenvalue weighted by atomic mass is 10.3. The van der Waals surface area contributed by atoms with E-state index < -0.39 is 15.8 Å². The average Bonchev–Trinajstić information content (AvgIpc) is 2.71. The molecule has 1 N–H and O–H groups in total. The van der Waals surface area contributed by atoms with Crippen molar-refractivity contribution in [1.29, 1.82) is 0 Å². The quantitative estimate of drug-likeness (QED) is 0.942. The average molecular weight is 317 g/mol. The number of benzene rings is 1. The Balaban J connectivity index is 2.19. The summed E-state index contributed by atoms with van der Waals surface area (Å²) in [6.07, 6.45) is 0. The van der Waals surface area contributed by atoms with Crippen LogP contribution in [0, 0.1) is 12.7 Å². The number of hydrogen-bond acceptors (Lipinski definition) is 2. The van der Waals surface area contributed by atoms with E-state index in [4.69, 9.17) is 11.6 Å². The summed E-state index contributed by atoms with van der Waals surface area (Å²) in [5.74, 6) is -0.649. The van der Waals surface area contributed by atoms with Gasteiger partial charge in [-0.15, -0.1) is 0 Å². The van der Waals surface area contributed by atoms with Gasteiger partial charge in [0.05, 0.1) is 16.5 Å². The standard InChI is InChI=1S/C13H14ClFN2O2S/c1-9-3-4-10(17(9)2)8-16-20(18,19)11-5-6-13(15)12(14)7-11/h3-7,16H,8H2,1-2H3. The zero-order valence-electron chi connectivity index (χ0n) is 11.0. The summed E-state index contributed by atoms with van der Waals surface area (Å²) in [5.41, 5.74) is 1.86. The van der Waals surface area contributed by atoms with Gasteiger partial charge in [-0.1, -0.05) is 11.6 Å². The highest BCUT2D eigenvalue weighted by molar-refractivity contribution is 7.89. The Morgan fingerprint density at radius 1 is 1.30 bits per heavy atom. The summed E-state index contributed by atoms with van der Waals surface area (Å²) in [4.78, 5) is -0.0603. The Morgan fingerprint density at radius 3 is 2.55 bits per heavy atom. The molecule has 0 atom stereocenters. The van der Waals surface area contributed by atoms with E-state index in [1.54, 1.807) is 0 Å². The van der Waals surface area contributed by atoms with Crippen LogP contribution in [-0.2, 0) is 23.6 Å². The molecule has 1 aromatic heterocycles. The molecule has 0 saturated heterocycles. The van der Waals surface area contributed by atoms with Crippen molar-refractivity contribution in [1.82, 2.24) is 9.29 Å². The van der Waals surface area contributed by atoms with Crippen molar-refractivity contribution in [2.45, 2.75) is 18.4 Å². The summed E-state index contributed by atoms with van der Waals surface area (Å²) in [5, 5.41) is -0.220.